The zero-order chi connectivity index (χ0) is 28.0. The lowest BCUT2D eigenvalue weighted by Crippen LogP contribution is -2.56. The Morgan fingerprint density at radius 1 is 1.18 bits per heavy atom. The van der Waals surface area contributed by atoms with Crippen LogP contribution in [-0.2, 0) is 26.7 Å². The third kappa shape index (κ3) is 6.81. The number of nitrogens with two attached hydrogens (primary N) is 1. The molecule has 214 valence electrons. The fourth-order valence-electron chi connectivity index (χ4n) is 5.87. The highest BCUT2D eigenvalue weighted by molar-refractivity contribution is 7.89. The van der Waals surface area contributed by atoms with E-state index < -0.39 is 27.3 Å². The number of hydrogen-bond acceptors (Lipinski definition) is 6. The van der Waals surface area contributed by atoms with Crippen molar-refractivity contribution >= 4 is 33.2 Å². The van der Waals surface area contributed by atoms with Gasteiger partial charge in [0.2, 0.25) is 15.9 Å². The van der Waals surface area contributed by atoms with Crippen LogP contribution in [0.2, 0.25) is 5.02 Å². The molecule has 5 N–H and O–H groups in total. The molecule has 2 fully saturated rings. The van der Waals surface area contributed by atoms with Gasteiger partial charge >= 0.3 is 0 Å². The number of piperidine rings is 1. The molecule has 0 spiro atoms. The van der Waals surface area contributed by atoms with Crippen LogP contribution in [0.15, 0.2) is 42.5 Å². The summed E-state index contributed by atoms with van der Waals surface area (Å²) in [6.07, 6.45) is 2.59. The van der Waals surface area contributed by atoms with Crippen molar-refractivity contribution in [2.24, 2.45) is 5.73 Å². The fraction of sp³-hybridized carbons (Fsp3) is 0.536. The average Bonchev–Trinajstić information content (AvgIpc) is 2.93. The number of nitrogens with zero attached hydrogens (tertiary/aromatic N) is 1. The molecule has 11 heteroatoms. The molecule has 0 aliphatic carbocycles. The van der Waals surface area contributed by atoms with E-state index in [0.717, 1.165) is 18.7 Å². The maximum absolute atomic E-state index is 15.1. The molecule has 0 saturated carbocycles. The summed E-state index contributed by atoms with van der Waals surface area (Å²) in [6, 6.07) is 10.9. The van der Waals surface area contributed by atoms with Gasteiger partial charge in [0.25, 0.3) is 0 Å². The van der Waals surface area contributed by atoms with Gasteiger partial charge in [-0.2, -0.15) is 4.31 Å². The molecule has 2 saturated heterocycles. The lowest BCUT2D eigenvalue weighted by molar-refractivity contribution is -0.119. The van der Waals surface area contributed by atoms with Crippen LogP contribution in [0, 0.1) is 5.82 Å². The minimum Gasteiger partial charge on any atom is -0.324 e. The first-order valence-electron chi connectivity index (χ1n) is 13.7. The van der Waals surface area contributed by atoms with E-state index >= 15 is 4.39 Å². The standard InChI is InChI=1S/C28H39ClFN5O3S/c1-2-18-39(37,38)35-17-16-33-19-22(35)10-11-23-24(30)4-3-5-25(23)34-27(36)26(31)28(12-14-32-15-13-28)20-6-8-21(29)9-7-20/h3-9,22,26,32-33H,2,10-19,31H2,1H3,(H,34,36)/t22-,26+/m0/s1. The molecule has 0 unspecified atom stereocenters. The summed E-state index contributed by atoms with van der Waals surface area (Å²) in [5.74, 6) is -0.736. The number of piperazine rings is 1. The largest absolute Gasteiger partial charge is 0.324 e. The second-order valence-corrected chi connectivity index (χ2v) is 12.9. The van der Waals surface area contributed by atoms with Crippen molar-refractivity contribution < 1.29 is 17.6 Å². The zero-order valence-electron chi connectivity index (χ0n) is 22.4. The summed E-state index contributed by atoms with van der Waals surface area (Å²) in [5.41, 5.74) is 7.75. The molecule has 2 aromatic carbocycles. The first-order chi connectivity index (χ1) is 18.7. The summed E-state index contributed by atoms with van der Waals surface area (Å²) >= 11 is 6.11. The molecule has 8 nitrogen and oxygen atoms in total. The van der Waals surface area contributed by atoms with Crippen molar-refractivity contribution in [2.75, 3.05) is 43.8 Å². The molecule has 2 aliphatic heterocycles. The molecule has 2 heterocycles. The highest BCUT2D eigenvalue weighted by Gasteiger charge is 2.43. The van der Waals surface area contributed by atoms with E-state index in [4.69, 9.17) is 17.3 Å². The van der Waals surface area contributed by atoms with Gasteiger partial charge in [0.15, 0.2) is 0 Å². The van der Waals surface area contributed by atoms with Gasteiger partial charge in [0.05, 0.1) is 11.8 Å². The van der Waals surface area contributed by atoms with Crippen molar-refractivity contribution in [3.8, 4) is 0 Å². The van der Waals surface area contributed by atoms with E-state index in [1.165, 1.54) is 6.07 Å². The molecule has 4 rings (SSSR count). The zero-order valence-corrected chi connectivity index (χ0v) is 24.0. The third-order valence-corrected chi connectivity index (χ3v) is 10.4. The maximum Gasteiger partial charge on any atom is 0.242 e. The number of carbonyl (C=O) groups excluding carboxylic acids is 1. The quantitative estimate of drug-likeness (QED) is 0.344. The van der Waals surface area contributed by atoms with Crippen LogP contribution in [0.5, 0.6) is 0 Å². The van der Waals surface area contributed by atoms with Crippen molar-refractivity contribution in [3.63, 3.8) is 0 Å². The Labute approximate surface area is 235 Å². The van der Waals surface area contributed by atoms with Gasteiger partial charge in [0.1, 0.15) is 5.82 Å². The number of amides is 1. The summed E-state index contributed by atoms with van der Waals surface area (Å²) in [6.45, 7) is 4.77. The summed E-state index contributed by atoms with van der Waals surface area (Å²) < 4.78 is 42.3. The number of rotatable bonds is 10. The number of nitrogens with one attached hydrogen (secondary N) is 3. The predicted molar refractivity (Wildman–Crippen MR) is 154 cm³/mol. The number of hydrogen-bond donors (Lipinski definition) is 4. The summed E-state index contributed by atoms with van der Waals surface area (Å²) in [4.78, 5) is 13.6. The molecular weight excluding hydrogens is 541 g/mol. The Balaban J connectivity index is 1.53. The topological polar surface area (TPSA) is 117 Å². The van der Waals surface area contributed by atoms with Crippen molar-refractivity contribution in [3.05, 3.63) is 64.4 Å². The van der Waals surface area contributed by atoms with E-state index in [0.29, 0.717) is 61.6 Å². The van der Waals surface area contributed by atoms with Gasteiger partial charge in [0, 0.05) is 47.4 Å². The van der Waals surface area contributed by atoms with Gasteiger partial charge in [-0.15, -0.1) is 0 Å². The van der Waals surface area contributed by atoms with Gasteiger partial charge in [-0.05, 0) is 75.0 Å². The minimum atomic E-state index is -3.39. The van der Waals surface area contributed by atoms with Crippen molar-refractivity contribution in [1.82, 2.24) is 14.9 Å². The first-order valence-corrected chi connectivity index (χ1v) is 15.7. The van der Waals surface area contributed by atoms with Crippen LogP contribution in [0.25, 0.3) is 0 Å². The van der Waals surface area contributed by atoms with Crippen molar-refractivity contribution in [2.45, 2.75) is 56.5 Å². The second-order valence-electron chi connectivity index (χ2n) is 10.5. The molecule has 2 aromatic rings. The summed E-state index contributed by atoms with van der Waals surface area (Å²) in [7, 11) is -3.39. The lowest BCUT2D eigenvalue weighted by Gasteiger charge is -2.42. The normalized spacial score (nSPS) is 20.9. The van der Waals surface area contributed by atoms with E-state index in [9.17, 15) is 13.2 Å². The van der Waals surface area contributed by atoms with E-state index in [-0.39, 0.29) is 24.1 Å². The molecule has 0 bridgehead atoms. The van der Waals surface area contributed by atoms with E-state index in [1.54, 1.807) is 28.6 Å². The maximum atomic E-state index is 15.1. The SMILES string of the molecule is CCCS(=O)(=O)N1CCNC[C@@H]1CCc1c(F)cccc1NC(=O)[C@@H](N)C1(c2ccc(Cl)cc2)CCNCC1. The Morgan fingerprint density at radius 3 is 2.59 bits per heavy atom. The molecule has 39 heavy (non-hydrogen) atoms. The summed E-state index contributed by atoms with van der Waals surface area (Å²) in [5, 5.41) is 10.1. The number of halogens is 2. The highest BCUT2D eigenvalue weighted by Crippen LogP contribution is 2.37. The van der Waals surface area contributed by atoms with Crippen LogP contribution in [0.4, 0.5) is 10.1 Å². The third-order valence-electron chi connectivity index (χ3n) is 8.01. The molecule has 2 aliphatic rings. The number of benzene rings is 2. The van der Waals surface area contributed by atoms with Crippen LogP contribution < -0.4 is 21.7 Å². The predicted octanol–water partition coefficient (Wildman–Crippen LogP) is 3.01. The highest BCUT2D eigenvalue weighted by atomic mass is 35.5. The van der Waals surface area contributed by atoms with Gasteiger partial charge < -0.3 is 21.7 Å². The van der Waals surface area contributed by atoms with Crippen LogP contribution >= 0.6 is 11.6 Å². The smallest absolute Gasteiger partial charge is 0.242 e. The molecule has 2 atom stereocenters. The van der Waals surface area contributed by atoms with Crippen LogP contribution in [0.1, 0.15) is 43.7 Å². The lowest BCUT2D eigenvalue weighted by atomic mass is 9.68. The molecular formula is C28H39ClFN5O3S. The van der Waals surface area contributed by atoms with Gasteiger partial charge in [-0.25, -0.2) is 12.8 Å². The number of sulfonamides is 1. The number of anilines is 1. The molecule has 0 aromatic heterocycles. The number of carbonyl (C=O) groups is 1. The van der Waals surface area contributed by atoms with Gasteiger partial charge in [-0.3, -0.25) is 4.79 Å². The Morgan fingerprint density at radius 2 is 1.90 bits per heavy atom. The van der Waals surface area contributed by atoms with Crippen LogP contribution in [0.3, 0.4) is 0 Å². The van der Waals surface area contributed by atoms with Crippen LogP contribution in [-0.4, -0.2) is 69.2 Å². The average molecular weight is 580 g/mol. The minimum absolute atomic E-state index is 0.0906. The molecule has 1 amide bonds. The monoisotopic (exact) mass is 579 g/mol. The van der Waals surface area contributed by atoms with E-state index in [2.05, 4.69) is 16.0 Å². The van der Waals surface area contributed by atoms with Gasteiger partial charge in [-0.1, -0.05) is 36.7 Å². The second kappa shape index (κ2) is 13.1. The Bertz CT molecular complexity index is 1240. The Kier molecular flexibility index (Phi) is 10.0. The Hall–Kier alpha value is -2.08. The fourth-order valence-corrected chi connectivity index (χ4v) is 7.75. The first kappa shape index (κ1) is 29.9. The van der Waals surface area contributed by atoms with Crippen molar-refractivity contribution in [1.29, 1.82) is 0 Å². The molecule has 0 radical (unpaired) electrons. The van der Waals surface area contributed by atoms with E-state index in [1.807, 2.05) is 19.1 Å².